The number of benzene rings is 1. The standard InChI is InChI=1S/C9H10FNO/c10-6-3-7(11)5-9(4-6)12-8-1-2-8/h3-5,8H,1-2,11H2. The first-order chi connectivity index (χ1) is 5.74. The van der Waals surface area contributed by atoms with Crippen LogP contribution in [0.2, 0.25) is 0 Å². The zero-order valence-corrected chi connectivity index (χ0v) is 6.59. The van der Waals surface area contributed by atoms with E-state index in [4.69, 9.17) is 10.5 Å². The zero-order valence-electron chi connectivity index (χ0n) is 6.59. The molecule has 0 spiro atoms. The predicted molar refractivity (Wildman–Crippen MR) is 44.5 cm³/mol. The highest BCUT2D eigenvalue weighted by molar-refractivity contribution is 5.44. The van der Waals surface area contributed by atoms with Crippen LogP contribution in [0.3, 0.4) is 0 Å². The van der Waals surface area contributed by atoms with E-state index in [1.807, 2.05) is 0 Å². The van der Waals surface area contributed by atoms with Gasteiger partial charge in [-0.15, -0.1) is 0 Å². The fourth-order valence-corrected chi connectivity index (χ4v) is 1.03. The smallest absolute Gasteiger partial charge is 0.128 e. The molecule has 0 radical (unpaired) electrons. The predicted octanol–water partition coefficient (Wildman–Crippen LogP) is 1.95. The van der Waals surface area contributed by atoms with Crippen LogP contribution in [0, 0.1) is 5.82 Å². The van der Waals surface area contributed by atoms with Gasteiger partial charge in [-0.25, -0.2) is 4.39 Å². The van der Waals surface area contributed by atoms with E-state index in [9.17, 15) is 4.39 Å². The van der Waals surface area contributed by atoms with Crippen molar-refractivity contribution in [3.05, 3.63) is 24.0 Å². The third-order valence-electron chi connectivity index (χ3n) is 1.72. The van der Waals surface area contributed by atoms with Crippen molar-refractivity contribution in [1.82, 2.24) is 0 Å². The molecule has 1 aliphatic rings. The lowest BCUT2D eigenvalue weighted by Crippen LogP contribution is -1.97. The molecule has 0 amide bonds. The average Bonchev–Trinajstić information content (AvgIpc) is 2.68. The zero-order chi connectivity index (χ0) is 8.55. The Kier molecular flexibility index (Phi) is 1.64. The second-order valence-corrected chi connectivity index (χ2v) is 3.04. The molecule has 1 aliphatic carbocycles. The van der Waals surface area contributed by atoms with E-state index in [0.29, 0.717) is 11.4 Å². The lowest BCUT2D eigenvalue weighted by atomic mass is 10.3. The highest BCUT2D eigenvalue weighted by Gasteiger charge is 2.23. The Balaban J connectivity index is 2.18. The summed E-state index contributed by atoms with van der Waals surface area (Å²) in [5.74, 6) is 0.195. The molecular formula is C9H10FNO. The molecule has 1 aromatic carbocycles. The van der Waals surface area contributed by atoms with Gasteiger partial charge in [0.2, 0.25) is 0 Å². The van der Waals surface area contributed by atoms with E-state index in [1.165, 1.54) is 12.1 Å². The number of hydrogen-bond donors (Lipinski definition) is 1. The van der Waals surface area contributed by atoms with Crippen molar-refractivity contribution in [2.45, 2.75) is 18.9 Å². The maximum Gasteiger partial charge on any atom is 0.128 e. The number of nitrogen functional groups attached to an aromatic ring is 1. The summed E-state index contributed by atoms with van der Waals surface area (Å²) < 4.78 is 18.1. The van der Waals surface area contributed by atoms with Crippen LogP contribution in [-0.2, 0) is 0 Å². The minimum Gasteiger partial charge on any atom is -0.490 e. The van der Waals surface area contributed by atoms with Crippen LogP contribution in [0.1, 0.15) is 12.8 Å². The number of rotatable bonds is 2. The van der Waals surface area contributed by atoms with Crippen molar-refractivity contribution >= 4 is 5.69 Å². The molecule has 0 saturated heterocycles. The Morgan fingerprint density at radius 3 is 2.67 bits per heavy atom. The number of ether oxygens (including phenoxy) is 1. The van der Waals surface area contributed by atoms with Gasteiger partial charge < -0.3 is 10.5 Å². The lowest BCUT2D eigenvalue weighted by Gasteiger charge is -2.04. The summed E-state index contributed by atoms with van der Waals surface area (Å²) in [4.78, 5) is 0. The van der Waals surface area contributed by atoms with Crippen LogP contribution in [0.5, 0.6) is 5.75 Å². The van der Waals surface area contributed by atoms with Crippen molar-refractivity contribution in [3.63, 3.8) is 0 Å². The Labute approximate surface area is 70.1 Å². The summed E-state index contributed by atoms with van der Waals surface area (Å²) in [5, 5.41) is 0. The maximum atomic E-state index is 12.7. The molecule has 0 aliphatic heterocycles. The molecule has 2 nitrogen and oxygen atoms in total. The van der Waals surface area contributed by atoms with Crippen molar-refractivity contribution in [2.75, 3.05) is 5.73 Å². The van der Waals surface area contributed by atoms with Crippen LogP contribution in [0.4, 0.5) is 10.1 Å². The fraction of sp³-hybridized carbons (Fsp3) is 0.333. The summed E-state index contributed by atoms with van der Waals surface area (Å²) in [5.41, 5.74) is 5.84. The van der Waals surface area contributed by atoms with E-state index in [0.717, 1.165) is 12.8 Å². The van der Waals surface area contributed by atoms with E-state index in [-0.39, 0.29) is 11.9 Å². The Morgan fingerprint density at radius 2 is 2.08 bits per heavy atom. The van der Waals surface area contributed by atoms with Gasteiger partial charge >= 0.3 is 0 Å². The molecule has 1 fully saturated rings. The summed E-state index contributed by atoms with van der Waals surface area (Å²) in [6.07, 6.45) is 2.42. The third kappa shape index (κ3) is 1.67. The normalized spacial score (nSPS) is 16.1. The van der Waals surface area contributed by atoms with Gasteiger partial charge in [-0.2, -0.15) is 0 Å². The van der Waals surface area contributed by atoms with Crippen LogP contribution in [0.25, 0.3) is 0 Å². The fourth-order valence-electron chi connectivity index (χ4n) is 1.03. The van der Waals surface area contributed by atoms with Gasteiger partial charge in [-0.3, -0.25) is 0 Å². The molecule has 0 aromatic heterocycles. The molecule has 0 atom stereocenters. The molecule has 64 valence electrons. The topological polar surface area (TPSA) is 35.2 Å². The summed E-state index contributed by atoms with van der Waals surface area (Å²) in [7, 11) is 0. The van der Waals surface area contributed by atoms with Crippen molar-refractivity contribution in [3.8, 4) is 5.75 Å². The molecule has 3 heteroatoms. The first kappa shape index (κ1) is 7.40. The second kappa shape index (κ2) is 2.66. The number of halogens is 1. The molecule has 2 rings (SSSR count). The van der Waals surface area contributed by atoms with Gasteiger partial charge in [0.15, 0.2) is 0 Å². The largest absolute Gasteiger partial charge is 0.490 e. The van der Waals surface area contributed by atoms with Gasteiger partial charge in [-0.05, 0) is 18.9 Å². The number of hydrogen-bond acceptors (Lipinski definition) is 2. The van der Waals surface area contributed by atoms with Crippen LogP contribution in [-0.4, -0.2) is 6.10 Å². The molecular weight excluding hydrogens is 157 g/mol. The van der Waals surface area contributed by atoms with Crippen molar-refractivity contribution < 1.29 is 9.13 Å². The SMILES string of the molecule is Nc1cc(F)cc(OC2CC2)c1. The van der Waals surface area contributed by atoms with Crippen LogP contribution >= 0.6 is 0 Å². The molecule has 0 unspecified atom stereocenters. The van der Waals surface area contributed by atoms with Crippen LogP contribution in [0.15, 0.2) is 18.2 Å². The molecule has 12 heavy (non-hydrogen) atoms. The quantitative estimate of drug-likeness (QED) is 0.683. The summed E-state index contributed by atoms with van der Waals surface area (Å²) >= 11 is 0. The number of anilines is 1. The van der Waals surface area contributed by atoms with E-state index < -0.39 is 0 Å². The first-order valence-corrected chi connectivity index (χ1v) is 3.97. The van der Waals surface area contributed by atoms with E-state index >= 15 is 0 Å². The van der Waals surface area contributed by atoms with Crippen LogP contribution < -0.4 is 10.5 Å². The molecule has 2 N–H and O–H groups in total. The first-order valence-electron chi connectivity index (χ1n) is 3.97. The highest BCUT2D eigenvalue weighted by Crippen LogP contribution is 2.28. The maximum absolute atomic E-state index is 12.7. The minimum absolute atomic E-state index is 0.284. The summed E-state index contributed by atoms with van der Waals surface area (Å²) in [6, 6.07) is 4.27. The Hall–Kier alpha value is -1.25. The Morgan fingerprint density at radius 1 is 1.33 bits per heavy atom. The molecule has 1 aromatic rings. The Bertz CT molecular complexity index is 276. The average molecular weight is 167 g/mol. The summed E-state index contributed by atoms with van der Waals surface area (Å²) in [6.45, 7) is 0. The van der Waals surface area contributed by atoms with E-state index in [1.54, 1.807) is 6.07 Å². The van der Waals surface area contributed by atoms with Gasteiger partial charge in [0.25, 0.3) is 0 Å². The number of nitrogens with two attached hydrogens (primary N) is 1. The monoisotopic (exact) mass is 167 g/mol. The van der Waals surface area contributed by atoms with E-state index in [2.05, 4.69) is 0 Å². The van der Waals surface area contributed by atoms with Crippen molar-refractivity contribution in [2.24, 2.45) is 0 Å². The van der Waals surface area contributed by atoms with Crippen molar-refractivity contribution in [1.29, 1.82) is 0 Å². The lowest BCUT2D eigenvalue weighted by molar-refractivity contribution is 0.302. The van der Waals surface area contributed by atoms with Gasteiger partial charge in [-0.1, -0.05) is 0 Å². The molecule has 0 bridgehead atoms. The molecule has 0 heterocycles. The second-order valence-electron chi connectivity index (χ2n) is 3.04. The third-order valence-corrected chi connectivity index (χ3v) is 1.72. The van der Waals surface area contributed by atoms with Gasteiger partial charge in [0.1, 0.15) is 11.6 Å². The molecule has 1 saturated carbocycles. The minimum atomic E-state index is -0.342. The van der Waals surface area contributed by atoms with Gasteiger partial charge in [0.05, 0.1) is 6.10 Å². The highest BCUT2D eigenvalue weighted by atomic mass is 19.1. The van der Waals surface area contributed by atoms with Gasteiger partial charge in [0, 0.05) is 17.8 Å².